The molecule has 0 aliphatic carbocycles. The third-order valence-corrected chi connectivity index (χ3v) is 5.13. The SMILES string of the molecule is CC1=C(c2ccc(NC(=O)c3ccncc3F)cc2)CN(c2nccnc2N)CC1. The van der Waals surface area contributed by atoms with Crippen molar-refractivity contribution < 1.29 is 9.18 Å². The molecular weight excluding hydrogens is 383 g/mol. The van der Waals surface area contributed by atoms with Gasteiger partial charge in [0.1, 0.15) is 0 Å². The lowest BCUT2D eigenvalue weighted by atomic mass is 9.95. The molecule has 1 aliphatic rings. The fourth-order valence-corrected chi connectivity index (χ4v) is 3.47. The minimum atomic E-state index is -0.655. The topological polar surface area (TPSA) is 97.0 Å². The first-order valence-electron chi connectivity index (χ1n) is 9.54. The molecule has 0 radical (unpaired) electrons. The van der Waals surface area contributed by atoms with Crippen molar-refractivity contribution in [2.45, 2.75) is 13.3 Å². The Labute approximate surface area is 173 Å². The summed E-state index contributed by atoms with van der Waals surface area (Å²) < 4.78 is 13.7. The molecule has 1 aliphatic heterocycles. The van der Waals surface area contributed by atoms with E-state index in [1.54, 1.807) is 12.4 Å². The molecule has 0 fully saturated rings. The summed E-state index contributed by atoms with van der Waals surface area (Å²) in [5, 5.41) is 2.71. The molecule has 1 amide bonds. The van der Waals surface area contributed by atoms with Crippen LogP contribution >= 0.6 is 0 Å². The van der Waals surface area contributed by atoms with Crippen LogP contribution < -0.4 is 16.0 Å². The van der Waals surface area contributed by atoms with Gasteiger partial charge in [-0.15, -0.1) is 0 Å². The summed E-state index contributed by atoms with van der Waals surface area (Å²) in [5.74, 6) is -0.0680. The van der Waals surface area contributed by atoms with E-state index < -0.39 is 11.7 Å². The first-order valence-corrected chi connectivity index (χ1v) is 9.54. The number of aromatic nitrogens is 3. The number of hydrogen-bond acceptors (Lipinski definition) is 6. The number of anilines is 3. The first-order chi connectivity index (χ1) is 14.5. The maximum atomic E-state index is 13.7. The molecule has 0 unspecified atom stereocenters. The Balaban J connectivity index is 1.51. The monoisotopic (exact) mass is 404 g/mol. The van der Waals surface area contributed by atoms with Crippen molar-refractivity contribution in [3.05, 3.63) is 77.6 Å². The van der Waals surface area contributed by atoms with Crippen LogP contribution in [0.4, 0.5) is 21.7 Å². The number of hydrogen-bond donors (Lipinski definition) is 2. The van der Waals surface area contributed by atoms with Crippen LogP contribution in [0, 0.1) is 5.82 Å². The molecule has 152 valence electrons. The van der Waals surface area contributed by atoms with Gasteiger partial charge in [-0.2, -0.15) is 0 Å². The lowest BCUT2D eigenvalue weighted by molar-refractivity contribution is 0.102. The lowest BCUT2D eigenvalue weighted by Gasteiger charge is -2.31. The summed E-state index contributed by atoms with van der Waals surface area (Å²) in [5.41, 5.74) is 10.1. The summed E-state index contributed by atoms with van der Waals surface area (Å²) in [6.07, 6.45) is 6.52. The van der Waals surface area contributed by atoms with E-state index in [1.165, 1.54) is 23.4 Å². The van der Waals surface area contributed by atoms with Crippen LogP contribution in [-0.2, 0) is 0 Å². The molecule has 0 atom stereocenters. The van der Waals surface area contributed by atoms with Crippen molar-refractivity contribution in [3.8, 4) is 0 Å². The normalized spacial score (nSPS) is 14.0. The molecule has 3 aromatic rings. The number of nitrogens with one attached hydrogen (secondary N) is 1. The molecule has 30 heavy (non-hydrogen) atoms. The smallest absolute Gasteiger partial charge is 0.258 e. The minimum absolute atomic E-state index is 0.0443. The van der Waals surface area contributed by atoms with Crippen molar-refractivity contribution in [1.82, 2.24) is 15.0 Å². The molecule has 0 saturated heterocycles. The summed E-state index contributed by atoms with van der Waals surface area (Å²) in [4.78, 5) is 26.6. The van der Waals surface area contributed by atoms with Gasteiger partial charge in [0, 0.05) is 37.4 Å². The van der Waals surface area contributed by atoms with Gasteiger partial charge in [0.15, 0.2) is 17.5 Å². The lowest BCUT2D eigenvalue weighted by Crippen LogP contribution is -2.32. The Morgan fingerprint density at radius 3 is 2.63 bits per heavy atom. The zero-order valence-electron chi connectivity index (χ0n) is 16.5. The highest BCUT2D eigenvalue weighted by Crippen LogP contribution is 2.31. The standard InChI is InChI=1S/C22H21FN6O/c1-14-7-11-29(21-20(24)26-9-10-27-21)13-18(14)15-2-4-16(5-3-15)28-22(30)17-6-8-25-12-19(17)23/h2-6,8-10,12H,7,11,13H2,1H3,(H2,24,26)(H,28,30). The van der Waals surface area contributed by atoms with Gasteiger partial charge in [-0.25, -0.2) is 14.4 Å². The van der Waals surface area contributed by atoms with Crippen molar-refractivity contribution in [2.24, 2.45) is 0 Å². The van der Waals surface area contributed by atoms with Gasteiger partial charge >= 0.3 is 0 Å². The Morgan fingerprint density at radius 1 is 1.13 bits per heavy atom. The van der Waals surface area contributed by atoms with Crippen LogP contribution in [0.25, 0.3) is 5.57 Å². The average Bonchev–Trinajstić information content (AvgIpc) is 2.75. The Bertz CT molecular complexity index is 1110. The summed E-state index contributed by atoms with van der Waals surface area (Å²) in [7, 11) is 0. The van der Waals surface area contributed by atoms with E-state index in [-0.39, 0.29) is 5.56 Å². The van der Waals surface area contributed by atoms with Crippen LogP contribution in [0.3, 0.4) is 0 Å². The molecule has 3 N–H and O–H groups in total. The highest BCUT2D eigenvalue weighted by Gasteiger charge is 2.21. The van der Waals surface area contributed by atoms with Crippen LogP contribution in [0.1, 0.15) is 29.3 Å². The third kappa shape index (κ3) is 3.98. The van der Waals surface area contributed by atoms with Gasteiger partial charge in [0.05, 0.1) is 11.8 Å². The highest BCUT2D eigenvalue weighted by molar-refractivity contribution is 6.04. The molecule has 3 heterocycles. The number of pyridine rings is 1. The van der Waals surface area contributed by atoms with E-state index in [1.807, 2.05) is 24.3 Å². The number of halogens is 1. The largest absolute Gasteiger partial charge is 0.381 e. The number of amides is 1. The molecule has 8 heteroatoms. The van der Waals surface area contributed by atoms with Gasteiger partial charge in [0.25, 0.3) is 5.91 Å². The number of carbonyl (C=O) groups excluding carboxylic acids is 1. The number of nitrogens with zero attached hydrogens (tertiary/aromatic N) is 4. The number of carbonyl (C=O) groups is 1. The van der Waals surface area contributed by atoms with Crippen LogP contribution in [0.15, 0.2) is 60.7 Å². The van der Waals surface area contributed by atoms with Crippen molar-refractivity contribution >= 4 is 28.8 Å². The first kappa shape index (κ1) is 19.5. The molecule has 1 aromatic carbocycles. The molecule has 0 saturated carbocycles. The van der Waals surface area contributed by atoms with E-state index in [9.17, 15) is 9.18 Å². The van der Waals surface area contributed by atoms with Gasteiger partial charge in [0.2, 0.25) is 0 Å². The summed E-state index contributed by atoms with van der Waals surface area (Å²) >= 11 is 0. The summed E-state index contributed by atoms with van der Waals surface area (Å²) in [6, 6.07) is 8.86. The van der Waals surface area contributed by atoms with Crippen molar-refractivity contribution in [1.29, 1.82) is 0 Å². The number of benzene rings is 1. The molecule has 0 spiro atoms. The zero-order chi connectivity index (χ0) is 21.1. The highest BCUT2D eigenvalue weighted by atomic mass is 19.1. The Hall–Kier alpha value is -3.81. The van der Waals surface area contributed by atoms with E-state index in [0.717, 1.165) is 24.7 Å². The van der Waals surface area contributed by atoms with Gasteiger partial charge in [-0.05, 0) is 42.7 Å². The molecule has 4 rings (SSSR count). The van der Waals surface area contributed by atoms with Gasteiger partial charge in [-0.3, -0.25) is 9.78 Å². The fraction of sp³-hybridized carbons (Fsp3) is 0.182. The van der Waals surface area contributed by atoms with Crippen LogP contribution in [-0.4, -0.2) is 33.9 Å². The van der Waals surface area contributed by atoms with Crippen LogP contribution in [0.5, 0.6) is 0 Å². The van der Waals surface area contributed by atoms with Gasteiger partial charge in [-0.1, -0.05) is 17.7 Å². The fourth-order valence-electron chi connectivity index (χ4n) is 3.47. The average molecular weight is 404 g/mol. The predicted molar refractivity (Wildman–Crippen MR) is 114 cm³/mol. The molecular formula is C22H21FN6O. The number of nitrogens with two attached hydrogens (primary N) is 1. The Kier molecular flexibility index (Phi) is 5.38. The molecule has 0 bridgehead atoms. The second-order valence-electron chi connectivity index (χ2n) is 7.08. The van der Waals surface area contributed by atoms with Crippen molar-refractivity contribution in [2.75, 3.05) is 29.0 Å². The maximum absolute atomic E-state index is 13.7. The third-order valence-electron chi connectivity index (χ3n) is 5.13. The van der Waals surface area contributed by atoms with E-state index >= 15 is 0 Å². The molecule has 2 aromatic heterocycles. The minimum Gasteiger partial charge on any atom is -0.381 e. The van der Waals surface area contributed by atoms with Crippen LogP contribution in [0.2, 0.25) is 0 Å². The molecule has 7 nitrogen and oxygen atoms in total. The number of rotatable bonds is 4. The van der Waals surface area contributed by atoms with E-state index in [0.29, 0.717) is 23.9 Å². The second-order valence-corrected chi connectivity index (χ2v) is 7.08. The maximum Gasteiger partial charge on any atom is 0.258 e. The predicted octanol–water partition coefficient (Wildman–Crippen LogP) is 3.53. The van der Waals surface area contributed by atoms with Crippen molar-refractivity contribution in [3.63, 3.8) is 0 Å². The van der Waals surface area contributed by atoms with Gasteiger partial charge < -0.3 is 16.0 Å². The quantitative estimate of drug-likeness (QED) is 0.691. The zero-order valence-corrected chi connectivity index (χ0v) is 16.5. The summed E-state index contributed by atoms with van der Waals surface area (Å²) in [6.45, 7) is 3.61. The van der Waals surface area contributed by atoms with E-state index in [4.69, 9.17) is 5.73 Å². The number of nitrogen functional groups attached to an aromatic ring is 1. The van der Waals surface area contributed by atoms with E-state index in [2.05, 4.69) is 32.1 Å². The Morgan fingerprint density at radius 2 is 1.90 bits per heavy atom. The second kappa shape index (κ2) is 8.28.